The predicted octanol–water partition coefficient (Wildman–Crippen LogP) is 2.92. The highest BCUT2D eigenvalue weighted by Crippen LogP contribution is 2.41. The molecule has 1 amide bonds. The minimum atomic E-state index is -0.178. The minimum Gasteiger partial charge on any atom is -0.399 e. The van der Waals surface area contributed by atoms with Crippen molar-refractivity contribution in [3.63, 3.8) is 0 Å². The van der Waals surface area contributed by atoms with Crippen LogP contribution in [0.4, 0.5) is 16.5 Å². The number of anilines is 3. The van der Waals surface area contributed by atoms with Crippen LogP contribution < -0.4 is 16.0 Å². The minimum absolute atomic E-state index is 0.178. The number of hydrogen-bond acceptors (Lipinski definition) is 5. The van der Waals surface area contributed by atoms with Crippen LogP contribution in [0.15, 0.2) is 23.6 Å². The zero-order chi connectivity index (χ0) is 15.0. The third-order valence-electron chi connectivity index (χ3n) is 3.49. The summed E-state index contributed by atoms with van der Waals surface area (Å²) in [5.41, 5.74) is 8.86. The van der Waals surface area contributed by atoms with Crippen LogP contribution >= 0.6 is 11.3 Å². The molecule has 1 heterocycles. The van der Waals surface area contributed by atoms with Gasteiger partial charge in [-0.05, 0) is 31.0 Å². The first-order valence-corrected chi connectivity index (χ1v) is 7.76. The number of nitrogens with zero attached hydrogens (tertiary/aromatic N) is 2. The largest absolute Gasteiger partial charge is 0.399 e. The molecule has 0 aliphatic heterocycles. The number of thiazole rings is 1. The molecule has 1 fully saturated rings. The van der Waals surface area contributed by atoms with Crippen LogP contribution in [0.2, 0.25) is 0 Å². The number of carbonyl (C=O) groups is 1. The molecule has 1 saturated carbocycles. The van der Waals surface area contributed by atoms with E-state index in [4.69, 9.17) is 5.73 Å². The Kier molecular flexibility index (Phi) is 3.55. The quantitative estimate of drug-likeness (QED) is 0.852. The number of rotatable bonds is 4. The van der Waals surface area contributed by atoms with E-state index in [2.05, 4.69) is 10.3 Å². The maximum absolute atomic E-state index is 12.5. The van der Waals surface area contributed by atoms with Gasteiger partial charge in [-0.1, -0.05) is 0 Å². The molecule has 0 saturated heterocycles. The standard InChI is InChI=1S/C15H18N4OS/c1-19(2)13-6-5-10(16)7-11(13)14(20)18-15-17-12(8-21-15)9-3-4-9/h5-9H,3-4,16H2,1-2H3,(H,17,18,20). The van der Waals surface area contributed by atoms with Crippen molar-refractivity contribution in [2.45, 2.75) is 18.8 Å². The number of amides is 1. The number of benzene rings is 1. The molecule has 2 aromatic rings. The summed E-state index contributed by atoms with van der Waals surface area (Å²) in [5.74, 6) is 0.416. The zero-order valence-electron chi connectivity index (χ0n) is 12.1. The summed E-state index contributed by atoms with van der Waals surface area (Å²) in [5, 5.41) is 5.54. The maximum atomic E-state index is 12.5. The number of nitrogen functional groups attached to an aromatic ring is 1. The lowest BCUT2D eigenvalue weighted by Crippen LogP contribution is -2.18. The monoisotopic (exact) mass is 302 g/mol. The molecule has 0 bridgehead atoms. The highest BCUT2D eigenvalue weighted by molar-refractivity contribution is 7.14. The molecular formula is C15H18N4OS. The molecule has 1 aromatic heterocycles. The van der Waals surface area contributed by atoms with Gasteiger partial charge in [-0.25, -0.2) is 4.98 Å². The first kappa shape index (κ1) is 13.9. The molecule has 0 unspecified atom stereocenters. The van der Waals surface area contributed by atoms with Crippen LogP contribution in [-0.4, -0.2) is 25.0 Å². The van der Waals surface area contributed by atoms with E-state index in [0.717, 1.165) is 11.4 Å². The summed E-state index contributed by atoms with van der Waals surface area (Å²) in [6.07, 6.45) is 2.41. The van der Waals surface area contributed by atoms with Gasteiger partial charge in [0.1, 0.15) is 0 Å². The van der Waals surface area contributed by atoms with Crippen LogP contribution in [0.25, 0.3) is 0 Å². The molecule has 1 aliphatic rings. The Hall–Kier alpha value is -2.08. The Bertz CT molecular complexity index is 676. The number of nitrogens with one attached hydrogen (secondary N) is 1. The van der Waals surface area contributed by atoms with Gasteiger partial charge in [0.2, 0.25) is 0 Å². The second kappa shape index (κ2) is 5.37. The van der Waals surface area contributed by atoms with Gasteiger partial charge in [0.05, 0.1) is 11.3 Å². The van der Waals surface area contributed by atoms with Gasteiger partial charge < -0.3 is 10.6 Å². The van der Waals surface area contributed by atoms with E-state index in [1.54, 1.807) is 12.1 Å². The fourth-order valence-electron chi connectivity index (χ4n) is 2.20. The van der Waals surface area contributed by atoms with Crippen molar-refractivity contribution in [1.29, 1.82) is 0 Å². The van der Waals surface area contributed by atoms with Crippen molar-refractivity contribution in [1.82, 2.24) is 4.98 Å². The van der Waals surface area contributed by atoms with E-state index >= 15 is 0 Å². The summed E-state index contributed by atoms with van der Waals surface area (Å²) in [6.45, 7) is 0. The summed E-state index contributed by atoms with van der Waals surface area (Å²) < 4.78 is 0. The average Bonchev–Trinajstić information content (AvgIpc) is 3.19. The van der Waals surface area contributed by atoms with E-state index in [1.807, 2.05) is 30.4 Å². The summed E-state index contributed by atoms with van der Waals surface area (Å²) in [4.78, 5) is 18.8. The summed E-state index contributed by atoms with van der Waals surface area (Å²) in [6, 6.07) is 5.34. The summed E-state index contributed by atoms with van der Waals surface area (Å²) in [7, 11) is 3.80. The molecule has 3 rings (SSSR count). The average molecular weight is 302 g/mol. The van der Waals surface area contributed by atoms with Crippen LogP contribution in [0.5, 0.6) is 0 Å². The Morgan fingerprint density at radius 1 is 1.43 bits per heavy atom. The number of nitrogens with two attached hydrogens (primary N) is 1. The molecule has 3 N–H and O–H groups in total. The van der Waals surface area contributed by atoms with Crippen LogP contribution in [0, 0.1) is 0 Å². The van der Waals surface area contributed by atoms with E-state index in [-0.39, 0.29) is 5.91 Å². The van der Waals surface area contributed by atoms with Gasteiger partial charge in [-0.15, -0.1) is 11.3 Å². The van der Waals surface area contributed by atoms with Gasteiger partial charge in [0, 0.05) is 36.8 Å². The lowest BCUT2D eigenvalue weighted by molar-refractivity contribution is 0.102. The van der Waals surface area contributed by atoms with Gasteiger partial charge in [0.25, 0.3) is 5.91 Å². The molecule has 5 nitrogen and oxygen atoms in total. The Morgan fingerprint density at radius 2 is 2.19 bits per heavy atom. The van der Waals surface area contributed by atoms with Crippen molar-refractivity contribution >= 4 is 33.8 Å². The molecular weight excluding hydrogens is 284 g/mol. The lowest BCUT2D eigenvalue weighted by atomic mass is 10.1. The highest BCUT2D eigenvalue weighted by Gasteiger charge is 2.26. The molecule has 0 atom stereocenters. The Labute approximate surface area is 127 Å². The smallest absolute Gasteiger partial charge is 0.259 e. The SMILES string of the molecule is CN(C)c1ccc(N)cc1C(=O)Nc1nc(C2CC2)cs1. The third kappa shape index (κ3) is 3.00. The zero-order valence-corrected chi connectivity index (χ0v) is 12.9. The van der Waals surface area contributed by atoms with Crippen LogP contribution in [-0.2, 0) is 0 Å². The first-order valence-electron chi connectivity index (χ1n) is 6.88. The van der Waals surface area contributed by atoms with E-state index in [9.17, 15) is 4.79 Å². The molecule has 6 heteroatoms. The maximum Gasteiger partial charge on any atom is 0.259 e. The van der Waals surface area contributed by atoms with E-state index < -0.39 is 0 Å². The Balaban J connectivity index is 1.82. The van der Waals surface area contributed by atoms with Crippen molar-refractivity contribution < 1.29 is 4.79 Å². The Morgan fingerprint density at radius 3 is 2.86 bits per heavy atom. The van der Waals surface area contributed by atoms with Crippen LogP contribution in [0.1, 0.15) is 34.8 Å². The molecule has 0 spiro atoms. The van der Waals surface area contributed by atoms with Crippen molar-refractivity contribution in [3.05, 3.63) is 34.8 Å². The van der Waals surface area contributed by atoms with E-state index in [0.29, 0.717) is 22.3 Å². The molecule has 0 radical (unpaired) electrons. The predicted molar refractivity (Wildman–Crippen MR) is 87.2 cm³/mol. The van der Waals surface area contributed by atoms with E-state index in [1.165, 1.54) is 24.2 Å². The number of aromatic nitrogens is 1. The first-order chi connectivity index (χ1) is 10.0. The van der Waals surface area contributed by atoms with Crippen molar-refractivity contribution in [2.24, 2.45) is 0 Å². The normalized spacial score (nSPS) is 14.0. The highest BCUT2D eigenvalue weighted by atomic mass is 32.1. The molecule has 1 aromatic carbocycles. The third-order valence-corrected chi connectivity index (χ3v) is 4.26. The number of carbonyl (C=O) groups excluding carboxylic acids is 1. The van der Waals surface area contributed by atoms with Gasteiger partial charge >= 0.3 is 0 Å². The second-order valence-electron chi connectivity index (χ2n) is 5.48. The van der Waals surface area contributed by atoms with Gasteiger partial charge in [-0.3, -0.25) is 10.1 Å². The molecule has 21 heavy (non-hydrogen) atoms. The van der Waals surface area contributed by atoms with Crippen molar-refractivity contribution in [3.8, 4) is 0 Å². The van der Waals surface area contributed by atoms with Gasteiger partial charge in [-0.2, -0.15) is 0 Å². The number of hydrogen-bond donors (Lipinski definition) is 2. The fourth-order valence-corrected chi connectivity index (χ4v) is 2.99. The molecule has 110 valence electrons. The summed E-state index contributed by atoms with van der Waals surface area (Å²) >= 11 is 1.47. The second-order valence-corrected chi connectivity index (χ2v) is 6.34. The lowest BCUT2D eigenvalue weighted by Gasteiger charge is -2.17. The van der Waals surface area contributed by atoms with Crippen LogP contribution in [0.3, 0.4) is 0 Å². The fraction of sp³-hybridized carbons (Fsp3) is 0.333. The topological polar surface area (TPSA) is 71.2 Å². The van der Waals surface area contributed by atoms with Gasteiger partial charge in [0.15, 0.2) is 5.13 Å². The van der Waals surface area contributed by atoms with Crippen molar-refractivity contribution in [2.75, 3.05) is 30.0 Å². The molecule has 1 aliphatic carbocycles.